The van der Waals surface area contributed by atoms with E-state index in [1.54, 1.807) is 0 Å². The molecule has 0 aromatic rings. The van der Waals surface area contributed by atoms with Crippen molar-refractivity contribution < 1.29 is 9.53 Å². The number of nitrogens with one attached hydrogen (secondary N) is 2. The maximum Gasteiger partial charge on any atom is 0.220 e. The number of rotatable bonds is 3. The molecule has 4 atom stereocenters. The number of carbonyl (C=O) groups excluding carboxylic acids is 1. The van der Waals surface area contributed by atoms with E-state index in [0.717, 1.165) is 25.9 Å². The van der Waals surface area contributed by atoms with Crippen LogP contribution in [0.4, 0.5) is 0 Å². The number of ether oxygens (including phenoxy) is 1. The highest BCUT2D eigenvalue weighted by atomic mass is 16.5. The largest absolute Gasteiger partial charge is 0.373 e. The molecule has 3 fully saturated rings. The molecule has 4 unspecified atom stereocenters. The summed E-state index contributed by atoms with van der Waals surface area (Å²) in [6.45, 7) is 2.11. The third-order valence-corrected chi connectivity index (χ3v) is 4.33. The zero-order chi connectivity index (χ0) is 11.7. The molecule has 3 saturated heterocycles. The SMILES string of the molecule is O=C(CC1CCCNC1)NC1CC2CCC1O2. The molecule has 17 heavy (non-hydrogen) atoms. The summed E-state index contributed by atoms with van der Waals surface area (Å²) in [6, 6.07) is 0.290. The lowest BCUT2D eigenvalue weighted by Gasteiger charge is -2.24. The second-order valence-corrected chi connectivity index (χ2v) is 5.70. The molecular weight excluding hydrogens is 216 g/mol. The second-order valence-electron chi connectivity index (χ2n) is 5.70. The van der Waals surface area contributed by atoms with Crippen LogP contribution < -0.4 is 10.6 Å². The minimum atomic E-state index is 0.222. The van der Waals surface area contributed by atoms with Gasteiger partial charge in [0.25, 0.3) is 0 Å². The van der Waals surface area contributed by atoms with E-state index in [9.17, 15) is 4.79 Å². The lowest BCUT2D eigenvalue weighted by molar-refractivity contribution is -0.123. The Balaban J connectivity index is 1.44. The molecule has 3 aliphatic heterocycles. The van der Waals surface area contributed by atoms with Crippen molar-refractivity contribution in [1.29, 1.82) is 0 Å². The van der Waals surface area contributed by atoms with Crippen LogP contribution in [0.1, 0.15) is 38.5 Å². The molecule has 0 saturated carbocycles. The van der Waals surface area contributed by atoms with Gasteiger partial charge < -0.3 is 15.4 Å². The summed E-state index contributed by atoms with van der Waals surface area (Å²) in [6.07, 6.45) is 7.13. The van der Waals surface area contributed by atoms with Gasteiger partial charge in [-0.25, -0.2) is 0 Å². The first-order valence-electron chi connectivity index (χ1n) is 6.97. The molecule has 2 N–H and O–H groups in total. The first-order valence-corrected chi connectivity index (χ1v) is 6.97. The quantitative estimate of drug-likeness (QED) is 0.765. The fourth-order valence-corrected chi connectivity index (χ4v) is 3.42. The molecule has 4 heteroatoms. The Morgan fingerprint density at radius 2 is 2.29 bits per heavy atom. The predicted octanol–water partition coefficient (Wildman–Crippen LogP) is 0.812. The number of hydrogen-bond donors (Lipinski definition) is 2. The average molecular weight is 238 g/mol. The van der Waals surface area contributed by atoms with Gasteiger partial charge in [-0.15, -0.1) is 0 Å². The maximum absolute atomic E-state index is 11.9. The molecule has 3 rings (SSSR count). The highest BCUT2D eigenvalue weighted by Gasteiger charge is 2.41. The summed E-state index contributed by atoms with van der Waals surface area (Å²) in [7, 11) is 0. The minimum absolute atomic E-state index is 0.222. The van der Waals surface area contributed by atoms with Gasteiger partial charge >= 0.3 is 0 Å². The molecule has 0 aromatic carbocycles. The molecule has 0 aromatic heterocycles. The van der Waals surface area contributed by atoms with Crippen molar-refractivity contribution in [2.24, 2.45) is 5.92 Å². The van der Waals surface area contributed by atoms with Crippen molar-refractivity contribution in [3.05, 3.63) is 0 Å². The molecular formula is C13H22N2O2. The lowest BCUT2D eigenvalue weighted by Crippen LogP contribution is -2.43. The highest BCUT2D eigenvalue weighted by Crippen LogP contribution is 2.34. The first-order chi connectivity index (χ1) is 8.31. The second kappa shape index (κ2) is 4.94. The number of piperidine rings is 1. The van der Waals surface area contributed by atoms with E-state index in [-0.39, 0.29) is 11.9 Å². The number of fused-ring (bicyclic) bond motifs is 2. The van der Waals surface area contributed by atoms with Gasteiger partial charge in [-0.05, 0) is 51.1 Å². The van der Waals surface area contributed by atoms with Crippen LogP contribution in [0.2, 0.25) is 0 Å². The monoisotopic (exact) mass is 238 g/mol. The van der Waals surface area contributed by atoms with Gasteiger partial charge in [0.1, 0.15) is 0 Å². The van der Waals surface area contributed by atoms with Crippen molar-refractivity contribution >= 4 is 5.91 Å². The van der Waals surface area contributed by atoms with Gasteiger partial charge in [-0.1, -0.05) is 0 Å². The summed E-state index contributed by atoms with van der Waals surface area (Å²) in [4.78, 5) is 11.9. The summed E-state index contributed by atoms with van der Waals surface area (Å²) < 4.78 is 5.75. The summed E-state index contributed by atoms with van der Waals surface area (Å²) in [5.41, 5.74) is 0. The van der Waals surface area contributed by atoms with Gasteiger partial charge in [0, 0.05) is 6.42 Å². The molecule has 2 bridgehead atoms. The Kier molecular flexibility index (Phi) is 3.34. The predicted molar refractivity (Wildman–Crippen MR) is 64.7 cm³/mol. The van der Waals surface area contributed by atoms with Crippen LogP contribution in [0, 0.1) is 5.92 Å². The minimum Gasteiger partial charge on any atom is -0.373 e. The van der Waals surface area contributed by atoms with Crippen LogP contribution >= 0.6 is 0 Å². The van der Waals surface area contributed by atoms with E-state index in [2.05, 4.69) is 10.6 Å². The topological polar surface area (TPSA) is 50.4 Å². The number of carbonyl (C=O) groups is 1. The highest BCUT2D eigenvalue weighted by molar-refractivity contribution is 5.76. The van der Waals surface area contributed by atoms with Crippen LogP contribution in [0.3, 0.4) is 0 Å². The Morgan fingerprint density at radius 1 is 1.35 bits per heavy atom. The molecule has 0 aliphatic carbocycles. The third-order valence-electron chi connectivity index (χ3n) is 4.33. The van der Waals surface area contributed by atoms with Crippen LogP contribution in [0.5, 0.6) is 0 Å². The lowest BCUT2D eigenvalue weighted by atomic mass is 9.93. The van der Waals surface area contributed by atoms with Crippen molar-refractivity contribution in [3.8, 4) is 0 Å². The summed E-state index contributed by atoms with van der Waals surface area (Å²) in [5, 5.41) is 6.52. The van der Waals surface area contributed by atoms with Gasteiger partial charge in [-0.2, -0.15) is 0 Å². The molecule has 96 valence electrons. The normalized spacial score (nSPS) is 40.5. The van der Waals surface area contributed by atoms with Crippen molar-refractivity contribution in [2.75, 3.05) is 13.1 Å². The number of amides is 1. The Bertz CT molecular complexity index is 289. The average Bonchev–Trinajstić information content (AvgIpc) is 2.92. The maximum atomic E-state index is 11.9. The number of hydrogen-bond acceptors (Lipinski definition) is 3. The van der Waals surface area contributed by atoms with Crippen LogP contribution in [0.25, 0.3) is 0 Å². The zero-order valence-corrected chi connectivity index (χ0v) is 10.3. The van der Waals surface area contributed by atoms with Gasteiger partial charge in [-0.3, -0.25) is 4.79 Å². The van der Waals surface area contributed by atoms with Crippen molar-refractivity contribution in [1.82, 2.24) is 10.6 Å². The van der Waals surface area contributed by atoms with Crippen LogP contribution in [-0.2, 0) is 9.53 Å². The van der Waals surface area contributed by atoms with Crippen LogP contribution in [0.15, 0.2) is 0 Å². The Hall–Kier alpha value is -0.610. The van der Waals surface area contributed by atoms with Gasteiger partial charge in [0.05, 0.1) is 18.2 Å². The standard InChI is InChI=1S/C13H22N2O2/c16-13(6-9-2-1-5-14-8-9)15-11-7-10-3-4-12(11)17-10/h9-12,14H,1-8H2,(H,15,16). The Morgan fingerprint density at radius 3 is 2.94 bits per heavy atom. The van der Waals surface area contributed by atoms with Crippen LogP contribution in [-0.4, -0.2) is 37.2 Å². The molecule has 3 heterocycles. The van der Waals surface area contributed by atoms with E-state index >= 15 is 0 Å². The Labute approximate surface area is 102 Å². The molecule has 1 amide bonds. The first kappa shape index (κ1) is 11.5. The molecule has 0 radical (unpaired) electrons. The molecule has 0 spiro atoms. The smallest absolute Gasteiger partial charge is 0.220 e. The third kappa shape index (κ3) is 2.63. The zero-order valence-electron chi connectivity index (χ0n) is 10.3. The van der Waals surface area contributed by atoms with E-state index in [0.29, 0.717) is 24.5 Å². The fourth-order valence-electron chi connectivity index (χ4n) is 3.42. The fraction of sp³-hybridized carbons (Fsp3) is 0.923. The molecule has 3 aliphatic rings. The van der Waals surface area contributed by atoms with E-state index in [1.165, 1.54) is 19.3 Å². The van der Waals surface area contributed by atoms with Gasteiger partial charge in [0.15, 0.2) is 0 Å². The van der Waals surface area contributed by atoms with Gasteiger partial charge in [0.2, 0.25) is 5.91 Å². The van der Waals surface area contributed by atoms with E-state index in [1.807, 2.05) is 0 Å². The van der Waals surface area contributed by atoms with Crippen molar-refractivity contribution in [3.63, 3.8) is 0 Å². The van der Waals surface area contributed by atoms with E-state index in [4.69, 9.17) is 4.74 Å². The summed E-state index contributed by atoms with van der Waals surface area (Å²) >= 11 is 0. The summed E-state index contributed by atoms with van der Waals surface area (Å²) in [5.74, 6) is 0.753. The molecule has 4 nitrogen and oxygen atoms in total. The van der Waals surface area contributed by atoms with Crippen molar-refractivity contribution in [2.45, 2.75) is 56.8 Å². The van der Waals surface area contributed by atoms with E-state index < -0.39 is 0 Å².